The number of carbonyl (C=O) groups is 1. The third-order valence-electron chi connectivity index (χ3n) is 2.24. The standard InChI is InChI=1S/C11H14FNO3/c1-2-13(6-7-14)11(16)10-8(12)4-3-5-9(10)15/h3-5,14-15H,2,6-7H2,1H3. The van der Waals surface area contributed by atoms with E-state index in [1.165, 1.54) is 17.0 Å². The molecule has 1 aromatic rings. The Hall–Kier alpha value is -1.62. The van der Waals surface area contributed by atoms with Gasteiger partial charge in [0.2, 0.25) is 0 Å². The van der Waals surface area contributed by atoms with Crippen molar-refractivity contribution in [3.05, 3.63) is 29.6 Å². The summed E-state index contributed by atoms with van der Waals surface area (Å²) >= 11 is 0. The maximum absolute atomic E-state index is 13.4. The molecule has 0 bridgehead atoms. The van der Waals surface area contributed by atoms with E-state index in [1.807, 2.05) is 0 Å². The number of aliphatic hydroxyl groups is 1. The molecule has 0 saturated heterocycles. The summed E-state index contributed by atoms with van der Waals surface area (Å²) in [5.41, 5.74) is -0.349. The largest absolute Gasteiger partial charge is 0.507 e. The van der Waals surface area contributed by atoms with Crippen LogP contribution in [0.2, 0.25) is 0 Å². The van der Waals surface area contributed by atoms with E-state index in [0.29, 0.717) is 6.54 Å². The molecule has 0 fully saturated rings. The number of carbonyl (C=O) groups excluding carboxylic acids is 1. The summed E-state index contributed by atoms with van der Waals surface area (Å²) in [6.45, 7) is 1.97. The van der Waals surface area contributed by atoms with Crippen molar-refractivity contribution in [1.82, 2.24) is 4.90 Å². The van der Waals surface area contributed by atoms with Gasteiger partial charge in [-0.2, -0.15) is 0 Å². The first-order chi connectivity index (χ1) is 7.61. The van der Waals surface area contributed by atoms with E-state index >= 15 is 0 Å². The van der Waals surface area contributed by atoms with Crippen LogP contribution in [0.4, 0.5) is 4.39 Å². The Kier molecular flexibility index (Phi) is 4.25. The van der Waals surface area contributed by atoms with Gasteiger partial charge in [-0.25, -0.2) is 4.39 Å². The first-order valence-electron chi connectivity index (χ1n) is 4.99. The number of nitrogens with zero attached hydrogens (tertiary/aromatic N) is 1. The molecule has 1 rings (SSSR count). The summed E-state index contributed by atoms with van der Waals surface area (Å²) in [4.78, 5) is 13.1. The first-order valence-corrected chi connectivity index (χ1v) is 4.99. The maximum Gasteiger partial charge on any atom is 0.260 e. The summed E-state index contributed by atoms with van der Waals surface area (Å²) in [7, 11) is 0. The average Bonchev–Trinajstić information content (AvgIpc) is 2.25. The quantitative estimate of drug-likeness (QED) is 0.806. The molecule has 5 heteroatoms. The number of hydrogen-bond acceptors (Lipinski definition) is 3. The number of phenolic OH excluding ortho intramolecular Hbond substituents is 1. The van der Waals surface area contributed by atoms with Crippen LogP contribution >= 0.6 is 0 Å². The number of rotatable bonds is 4. The van der Waals surface area contributed by atoms with Gasteiger partial charge in [0.25, 0.3) is 5.91 Å². The molecule has 4 nitrogen and oxygen atoms in total. The predicted octanol–water partition coefficient (Wildman–Crippen LogP) is 0.986. The molecule has 0 aliphatic carbocycles. The van der Waals surface area contributed by atoms with Crippen molar-refractivity contribution in [3.63, 3.8) is 0 Å². The van der Waals surface area contributed by atoms with Crippen LogP contribution in [0.25, 0.3) is 0 Å². The minimum absolute atomic E-state index is 0.114. The lowest BCUT2D eigenvalue weighted by Gasteiger charge is -2.20. The van der Waals surface area contributed by atoms with E-state index in [4.69, 9.17) is 5.11 Å². The molecule has 0 spiro atoms. The van der Waals surface area contributed by atoms with Gasteiger partial charge in [-0.15, -0.1) is 0 Å². The molecule has 0 heterocycles. The monoisotopic (exact) mass is 227 g/mol. The Labute approximate surface area is 92.9 Å². The van der Waals surface area contributed by atoms with Crippen LogP contribution in [-0.4, -0.2) is 40.7 Å². The summed E-state index contributed by atoms with van der Waals surface area (Å²) in [5, 5.41) is 18.2. The highest BCUT2D eigenvalue weighted by Crippen LogP contribution is 2.21. The number of benzene rings is 1. The van der Waals surface area contributed by atoms with E-state index in [-0.39, 0.29) is 24.5 Å². The van der Waals surface area contributed by atoms with Crippen LogP contribution < -0.4 is 0 Å². The minimum Gasteiger partial charge on any atom is -0.507 e. The number of phenols is 1. The summed E-state index contributed by atoms with van der Waals surface area (Å²) in [6, 6.07) is 3.69. The van der Waals surface area contributed by atoms with Crippen molar-refractivity contribution in [2.45, 2.75) is 6.92 Å². The van der Waals surface area contributed by atoms with E-state index in [9.17, 15) is 14.3 Å². The molecular weight excluding hydrogens is 213 g/mol. The number of aliphatic hydroxyl groups excluding tert-OH is 1. The first kappa shape index (κ1) is 12.4. The molecule has 0 unspecified atom stereocenters. The fraction of sp³-hybridized carbons (Fsp3) is 0.364. The van der Waals surface area contributed by atoms with Gasteiger partial charge in [-0.05, 0) is 19.1 Å². The van der Waals surface area contributed by atoms with Gasteiger partial charge in [-0.1, -0.05) is 6.07 Å². The second kappa shape index (κ2) is 5.46. The van der Waals surface area contributed by atoms with Crippen molar-refractivity contribution in [2.75, 3.05) is 19.7 Å². The average molecular weight is 227 g/mol. The van der Waals surface area contributed by atoms with Crippen LogP contribution in [0.15, 0.2) is 18.2 Å². The smallest absolute Gasteiger partial charge is 0.260 e. The Morgan fingerprint density at radius 3 is 2.69 bits per heavy atom. The van der Waals surface area contributed by atoms with Crippen LogP contribution in [0.1, 0.15) is 17.3 Å². The molecular formula is C11H14FNO3. The Morgan fingerprint density at radius 2 is 2.19 bits per heavy atom. The number of amides is 1. The van der Waals surface area contributed by atoms with Gasteiger partial charge in [0.15, 0.2) is 0 Å². The molecule has 0 saturated carbocycles. The Balaban J connectivity index is 3.03. The highest BCUT2D eigenvalue weighted by atomic mass is 19.1. The molecule has 1 amide bonds. The lowest BCUT2D eigenvalue weighted by Crippen LogP contribution is -2.33. The van der Waals surface area contributed by atoms with Gasteiger partial charge >= 0.3 is 0 Å². The van der Waals surface area contributed by atoms with Gasteiger partial charge in [-0.3, -0.25) is 4.79 Å². The molecule has 0 aromatic heterocycles. The zero-order valence-electron chi connectivity index (χ0n) is 8.98. The van der Waals surface area contributed by atoms with Crippen molar-refractivity contribution in [2.24, 2.45) is 0 Å². The summed E-state index contributed by atoms with van der Waals surface area (Å²) in [6.07, 6.45) is 0. The topological polar surface area (TPSA) is 60.8 Å². The number of likely N-dealkylation sites (N-methyl/N-ethyl adjacent to an activating group) is 1. The molecule has 88 valence electrons. The predicted molar refractivity (Wildman–Crippen MR) is 56.7 cm³/mol. The van der Waals surface area contributed by atoms with Gasteiger partial charge in [0.05, 0.1) is 6.61 Å². The molecule has 0 aliphatic heterocycles. The van der Waals surface area contributed by atoms with Crippen LogP contribution in [-0.2, 0) is 0 Å². The molecule has 2 N–H and O–H groups in total. The third-order valence-corrected chi connectivity index (χ3v) is 2.24. The molecule has 1 aromatic carbocycles. The lowest BCUT2D eigenvalue weighted by atomic mass is 10.1. The van der Waals surface area contributed by atoms with E-state index in [2.05, 4.69) is 0 Å². The zero-order valence-corrected chi connectivity index (χ0v) is 8.98. The molecule has 0 aliphatic rings. The fourth-order valence-corrected chi connectivity index (χ4v) is 1.41. The molecule has 0 radical (unpaired) electrons. The van der Waals surface area contributed by atoms with Gasteiger partial charge in [0.1, 0.15) is 17.1 Å². The maximum atomic E-state index is 13.4. The summed E-state index contributed by atoms with van der Waals surface area (Å²) in [5.74, 6) is -1.77. The molecule has 0 atom stereocenters. The zero-order chi connectivity index (χ0) is 12.1. The fourth-order valence-electron chi connectivity index (χ4n) is 1.41. The lowest BCUT2D eigenvalue weighted by molar-refractivity contribution is 0.0724. The summed E-state index contributed by atoms with van der Waals surface area (Å²) < 4.78 is 13.4. The normalized spacial score (nSPS) is 10.2. The Morgan fingerprint density at radius 1 is 1.50 bits per heavy atom. The van der Waals surface area contributed by atoms with E-state index in [1.54, 1.807) is 6.92 Å². The third kappa shape index (κ3) is 2.49. The van der Waals surface area contributed by atoms with Crippen molar-refractivity contribution < 1.29 is 19.4 Å². The van der Waals surface area contributed by atoms with Crippen LogP contribution in [0.3, 0.4) is 0 Å². The number of hydrogen-bond donors (Lipinski definition) is 2. The highest BCUT2D eigenvalue weighted by molar-refractivity contribution is 5.97. The van der Waals surface area contributed by atoms with Crippen molar-refractivity contribution in [3.8, 4) is 5.75 Å². The SMILES string of the molecule is CCN(CCO)C(=O)c1c(O)cccc1F. The van der Waals surface area contributed by atoms with Crippen molar-refractivity contribution in [1.29, 1.82) is 0 Å². The van der Waals surface area contributed by atoms with Gasteiger partial charge in [0, 0.05) is 13.1 Å². The highest BCUT2D eigenvalue weighted by Gasteiger charge is 2.21. The number of halogens is 1. The molecule has 16 heavy (non-hydrogen) atoms. The van der Waals surface area contributed by atoms with E-state index in [0.717, 1.165) is 6.07 Å². The number of aromatic hydroxyl groups is 1. The van der Waals surface area contributed by atoms with Gasteiger partial charge < -0.3 is 15.1 Å². The van der Waals surface area contributed by atoms with E-state index < -0.39 is 11.7 Å². The minimum atomic E-state index is -0.763. The second-order valence-corrected chi connectivity index (χ2v) is 3.24. The second-order valence-electron chi connectivity index (χ2n) is 3.24. The Bertz CT molecular complexity index is 361. The van der Waals surface area contributed by atoms with Crippen LogP contribution in [0, 0.1) is 5.82 Å². The van der Waals surface area contributed by atoms with Crippen molar-refractivity contribution >= 4 is 5.91 Å². The van der Waals surface area contributed by atoms with Crippen LogP contribution in [0.5, 0.6) is 5.75 Å².